The van der Waals surface area contributed by atoms with E-state index in [-0.39, 0.29) is 31.5 Å². The van der Waals surface area contributed by atoms with Crippen molar-refractivity contribution in [3.63, 3.8) is 0 Å². The number of hydrogen-bond acceptors (Lipinski definition) is 4. The Hall–Kier alpha value is -2.94. The Morgan fingerprint density at radius 1 is 1.21 bits per heavy atom. The van der Waals surface area contributed by atoms with Gasteiger partial charge in [0.25, 0.3) is 0 Å². The molecule has 0 radical (unpaired) electrons. The highest BCUT2D eigenvalue weighted by Crippen LogP contribution is 2.38. The van der Waals surface area contributed by atoms with Crippen LogP contribution in [-0.4, -0.2) is 35.0 Å². The number of rotatable bonds is 4. The number of likely N-dealkylation sites (tertiary alicyclic amines) is 1. The normalized spacial score (nSPS) is 20.8. The van der Waals surface area contributed by atoms with E-state index >= 15 is 0 Å². The fourth-order valence-corrected chi connectivity index (χ4v) is 4.27. The zero-order valence-corrected chi connectivity index (χ0v) is 17.7. The molecule has 0 saturated carbocycles. The van der Waals surface area contributed by atoms with E-state index in [1.807, 2.05) is 0 Å². The topological polar surface area (TPSA) is 61.8 Å². The highest BCUT2D eigenvalue weighted by atomic mass is 32.2. The van der Waals surface area contributed by atoms with Crippen molar-refractivity contribution < 1.29 is 35.9 Å². The van der Waals surface area contributed by atoms with Gasteiger partial charge in [-0.15, -0.1) is 6.42 Å². The number of terminal acetylenes is 1. The van der Waals surface area contributed by atoms with Crippen molar-refractivity contribution in [1.82, 2.24) is 10.2 Å². The molecule has 0 spiro atoms. The number of thioether (sulfide) groups is 1. The number of benzene rings is 1. The minimum Gasteiger partial charge on any atom is -0.358 e. The lowest BCUT2D eigenvalue weighted by molar-refractivity contribution is -0.144. The lowest BCUT2D eigenvalue weighted by Gasteiger charge is -2.31. The highest BCUT2D eigenvalue weighted by Gasteiger charge is 2.39. The number of amidine groups is 1. The molecule has 0 aromatic heterocycles. The molecule has 3 rings (SSSR count). The SMILES string of the molecule is C#CCNC1=NC(=O)SC1=CC1CCN(Cc2ccc(C(F)(F)F)cc2C(F)(F)F)C(=O)C1. The van der Waals surface area contributed by atoms with E-state index in [0.29, 0.717) is 23.2 Å². The van der Waals surface area contributed by atoms with Gasteiger partial charge in [0.15, 0.2) is 0 Å². The van der Waals surface area contributed by atoms with Gasteiger partial charge in [-0.25, -0.2) is 0 Å². The molecule has 1 unspecified atom stereocenters. The van der Waals surface area contributed by atoms with Crippen LogP contribution in [0.2, 0.25) is 0 Å². The number of aliphatic imine (C=N–C) groups is 1. The maximum atomic E-state index is 13.4. The molecule has 2 heterocycles. The van der Waals surface area contributed by atoms with Crippen LogP contribution < -0.4 is 5.32 Å². The summed E-state index contributed by atoms with van der Waals surface area (Å²) in [6.07, 6.45) is -2.67. The number of hydrogen-bond donors (Lipinski definition) is 1. The lowest BCUT2D eigenvalue weighted by Crippen LogP contribution is -2.38. The van der Waals surface area contributed by atoms with Gasteiger partial charge in [-0.1, -0.05) is 18.1 Å². The van der Waals surface area contributed by atoms with Crippen LogP contribution in [0.3, 0.4) is 0 Å². The number of amides is 2. The van der Waals surface area contributed by atoms with Crippen LogP contribution in [0.25, 0.3) is 0 Å². The van der Waals surface area contributed by atoms with Gasteiger partial charge in [0, 0.05) is 19.5 Å². The van der Waals surface area contributed by atoms with E-state index in [9.17, 15) is 35.9 Å². The van der Waals surface area contributed by atoms with Crippen molar-refractivity contribution in [2.75, 3.05) is 13.1 Å². The van der Waals surface area contributed by atoms with E-state index in [0.717, 1.165) is 17.8 Å². The van der Waals surface area contributed by atoms with Crippen LogP contribution in [0.15, 0.2) is 34.2 Å². The molecule has 1 atom stereocenters. The van der Waals surface area contributed by atoms with Gasteiger partial charge < -0.3 is 10.2 Å². The smallest absolute Gasteiger partial charge is 0.358 e. The Labute approximate surface area is 189 Å². The van der Waals surface area contributed by atoms with Gasteiger partial charge >= 0.3 is 17.6 Å². The third-order valence-corrected chi connectivity index (χ3v) is 5.86. The Morgan fingerprint density at radius 2 is 1.94 bits per heavy atom. The third kappa shape index (κ3) is 6.10. The van der Waals surface area contributed by atoms with Crippen molar-refractivity contribution >= 4 is 28.7 Å². The molecular weight excluding hydrogens is 472 g/mol. The lowest BCUT2D eigenvalue weighted by atomic mass is 9.94. The van der Waals surface area contributed by atoms with Crippen LogP contribution in [0, 0.1) is 18.3 Å². The van der Waals surface area contributed by atoms with E-state index in [2.05, 4.69) is 16.2 Å². The average molecular weight is 489 g/mol. The molecular formula is C21H17F6N3O2S. The molecule has 1 N–H and O–H groups in total. The van der Waals surface area contributed by atoms with Gasteiger partial charge in [-0.3, -0.25) is 9.59 Å². The van der Waals surface area contributed by atoms with Crippen molar-refractivity contribution in [3.05, 3.63) is 45.9 Å². The molecule has 12 heteroatoms. The van der Waals surface area contributed by atoms with Gasteiger partial charge in [0.05, 0.1) is 22.6 Å². The summed E-state index contributed by atoms with van der Waals surface area (Å²) in [5.41, 5.74) is -3.24. The van der Waals surface area contributed by atoms with Crippen molar-refractivity contribution in [2.24, 2.45) is 10.9 Å². The Morgan fingerprint density at radius 3 is 2.55 bits per heavy atom. The predicted octanol–water partition coefficient (Wildman–Crippen LogP) is 4.83. The number of piperidine rings is 1. The first-order valence-electron chi connectivity index (χ1n) is 9.63. The first kappa shape index (κ1) is 24.7. The molecule has 5 nitrogen and oxygen atoms in total. The Kier molecular flexibility index (Phi) is 7.11. The van der Waals surface area contributed by atoms with Gasteiger partial charge in [0.2, 0.25) is 5.91 Å². The minimum atomic E-state index is -5.00. The molecule has 2 aliphatic rings. The summed E-state index contributed by atoms with van der Waals surface area (Å²) in [6, 6.07) is 1.40. The summed E-state index contributed by atoms with van der Waals surface area (Å²) >= 11 is 0.876. The van der Waals surface area contributed by atoms with Crippen molar-refractivity contribution in [3.8, 4) is 12.3 Å². The van der Waals surface area contributed by atoms with Gasteiger partial charge in [-0.2, -0.15) is 31.3 Å². The van der Waals surface area contributed by atoms with Gasteiger partial charge in [0.1, 0.15) is 5.84 Å². The molecule has 1 aromatic carbocycles. The molecule has 1 aromatic rings. The number of carbonyl (C=O) groups excluding carboxylic acids is 2. The second kappa shape index (κ2) is 9.51. The summed E-state index contributed by atoms with van der Waals surface area (Å²) in [7, 11) is 0. The zero-order chi connectivity index (χ0) is 24.4. The van der Waals surface area contributed by atoms with Crippen LogP contribution in [-0.2, 0) is 23.7 Å². The third-order valence-electron chi connectivity index (χ3n) is 5.04. The zero-order valence-electron chi connectivity index (χ0n) is 16.9. The minimum absolute atomic E-state index is 0.0251. The van der Waals surface area contributed by atoms with E-state index < -0.39 is 46.7 Å². The van der Waals surface area contributed by atoms with Crippen LogP contribution >= 0.6 is 11.8 Å². The Bertz CT molecular complexity index is 1060. The van der Waals surface area contributed by atoms with Crippen molar-refractivity contribution in [1.29, 1.82) is 0 Å². The summed E-state index contributed by atoms with van der Waals surface area (Å²) in [5, 5.41) is 2.37. The molecule has 2 aliphatic heterocycles. The maximum Gasteiger partial charge on any atom is 0.416 e. The molecule has 1 saturated heterocycles. The van der Waals surface area contributed by atoms with Crippen LogP contribution in [0.4, 0.5) is 31.1 Å². The monoisotopic (exact) mass is 489 g/mol. The van der Waals surface area contributed by atoms with E-state index in [4.69, 9.17) is 6.42 Å². The predicted molar refractivity (Wildman–Crippen MR) is 110 cm³/mol. The summed E-state index contributed by atoms with van der Waals surface area (Å²) in [4.78, 5) is 29.7. The quantitative estimate of drug-likeness (QED) is 0.486. The van der Waals surface area contributed by atoms with E-state index in [1.165, 1.54) is 4.90 Å². The first-order chi connectivity index (χ1) is 15.4. The molecule has 1 fully saturated rings. The van der Waals surface area contributed by atoms with Crippen LogP contribution in [0.5, 0.6) is 0 Å². The molecule has 2 amide bonds. The maximum absolute atomic E-state index is 13.4. The summed E-state index contributed by atoms with van der Waals surface area (Å²) in [5.74, 6) is 1.93. The standard InChI is InChI=1S/C21H17F6N3O2S/c1-2-6-28-18-16(33-19(32)29-18)8-12-5-7-30(17(31)9-12)11-13-3-4-14(20(22,23)24)10-15(13)21(25,26)27/h1,3-4,8,10,12H,5-7,9,11H2,(H,28,29,32). The second-order valence-corrected chi connectivity index (χ2v) is 8.35. The number of nitrogens with zero attached hydrogens (tertiary/aromatic N) is 2. The largest absolute Gasteiger partial charge is 0.416 e. The summed E-state index contributed by atoms with van der Waals surface area (Å²) < 4.78 is 78.7. The number of allylic oxidation sites excluding steroid dienone is 1. The van der Waals surface area contributed by atoms with Gasteiger partial charge in [-0.05, 0) is 41.8 Å². The highest BCUT2D eigenvalue weighted by molar-refractivity contribution is 8.18. The fraction of sp³-hybridized carbons (Fsp3) is 0.381. The second-order valence-electron chi connectivity index (χ2n) is 7.35. The first-order valence-corrected chi connectivity index (χ1v) is 10.4. The average Bonchev–Trinajstić information content (AvgIpc) is 3.06. The number of nitrogens with one attached hydrogen (secondary N) is 1. The molecule has 33 heavy (non-hydrogen) atoms. The summed E-state index contributed by atoms with van der Waals surface area (Å²) in [6.45, 7) is -0.205. The molecule has 0 aliphatic carbocycles. The van der Waals surface area contributed by atoms with E-state index in [1.54, 1.807) is 6.08 Å². The Balaban J connectivity index is 1.73. The van der Waals surface area contributed by atoms with Crippen LogP contribution in [0.1, 0.15) is 29.5 Å². The fourth-order valence-electron chi connectivity index (χ4n) is 3.47. The van der Waals surface area contributed by atoms with Crippen molar-refractivity contribution in [2.45, 2.75) is 31.7 Å². The number of alkyl halides is 6. The molecule has 0 bridgehead atoms. The number of halogens is 6. The molecule has 176 valence electrons. The number of carbonyl (C=O) groups is 2.